The van der Waals surface area contributed by atoms with Crippen molar-refractivity contribution in [3.8, 4) is 0 Å². The average molecular weight is 624 g/mol. The first-order chi connectivity index (χ1) is 19.1. The van der Waals surface area contributed by atoms with Crippen LogP contribution in [0.3, 0.4) is 0 Å². The summed E-state index contributed by atoms with van der Waals surface area (Å²) in [4.78, 5) is 26.6. The van der Waals surface area contributed by atoms with Gasteiger partial charge in [-0.2, -0.15) is 4.98 Å². The lowest BCUT2D eigenvalue weighted by Crippen LogP contribution is -2.39. The highest BCUT2D eigenvalue weighted by atomic mass is 79.9. The van der Waals surface area contributed by atoms with Crippen molar-refractivity contribution in [2.75, 3.05) is 30.3 Å². The van der Waals surface area contributed by atoms with Gasteiger partial charge in [0.25, 0.3) is 0 Å². The Hall–Kier alpha value is -3.56. The Bertz CT molecular complexity index is 1560. The molecule has 0 bridgehead atoms. The van der Waals surface area contributed by atoms with Gasteiger partial charge in [0.2, 0.25) is 5.95 Å². The molecule has 0 aliphatic carbocycles. The van der Waals surface area contributed by atoms with Crippen molar-refractivity contribution in [2.45, 2.75) is 39.2 Å². The Balaban J connectivity index is 1.23. The van der Waals surface area contributed by atoms with Crippen LogP contribution in [0.15, 0.2) is 65.4 Å². The zero-order chi connectivity index (χ0) is 28.3. The van der Waals surface area contributed by atoms with E-state index >= 15 is 0 Å². The second-order valence-electron chi connectivity index (χ2n) is 10.7. The van der Waals surface area contributed by atoms with E-state index < -0.39 is 5.60 Å². The summed E-state index contributed by atoms with van der Waals surface area (Å²) in [5, 5.41) is 8.55. The summed E-state index contributed by atoms with van der Waals surface area (Å²) in [5.74, 6) is 1.21. The van der Waals surface area contributed by atoms with Crippen molar-refractivity contribution >= 4 is 67.6 Å². The zero-order valence-electron chi connectivity index (χ0n) is 22.7. The molecule has 1 aliphatic rings. The summed E-state index contributed by atoms with van der Waals surface area (Å²) in [6, 6.07) is 14.0. The van der Waals surface area contributed by atoms with Crippen LogP contribution in [0.5, 0.6) is 0 Å². The fraction of sp³-hybridized carbons (Fsp3) is 0.300. The highest BCUT2D eigenvalue weighted by Gasteiger charge is 2.24. The normalized spacial score (nSPS) is 13.7. The number of carbonyl (C=O) groups excluding carboxylic acids is 1. The number of fused-ring (bicyclic) bond motifs is 1. The number of ether oxygens (including phenoxy) is 1. The largest absolute Gasteiger partial charge is 0.444 e. The maximum atomic E-state index is 12.4. The molecule has 1 aliphatic heterocycles. The van der Waals surface area contributed by atoms with Crippen LogP contribution in [0, 0.1) is 0 Å². The minimum atomic E-state index is -0.499. The third kappa shape index (κ3) is 6.95. The van der Waals surface area contributed by atoms with E-state index in [4.69, 9.17) is 16.3 Å². The molecule has 0 unspecified atom stereocenters. The molecular formula is C30H32BrClN6O2. The molecule has 0 radical (unpaired) electrons. The van der Waals surface area contributed by atoms with Crippen LogP contribution in [0.2, 0.25) is 5.02 Å². The van der Waals surface area contributed by atoms with Crippen molar-refractivity contribution in [3.63, 3.8) is 0 Å². The van der Waals surface area contributed by atoms with E-state index in [1.807, 2.05) is 57.3 Å². The number of halogens is 2. The van der Waals surface area contributed by atoms with E-state index in [-0.39, 0.29) is 6.09 Å². The lowest BCUT2D eigenvalue weighted by Gasteiger charge is -2.29. The molecule has 0 saturated heterocycles. The molecule has 2 aromatic heterocycles. The van der Waals surface area contributed by atoms with Gasteiger partial charge < -0.3 is 25.3 Å². The van der Waals surface area contributed by atoms with Gasteiger partial charge in [-0.15, -0.1) is 0 Å². The average Bonchev–Trinajstić information content (AvgIpc) is 3.33. The van der Waals surface area contributed by atoms with Crippen LogP contribution in [0.1, 0.15) is 38.3 Å². The van der Waals surface area contributed by atoms with Crippen molar-refractivity contribution in [2.24, 2.45) is 0 Å². The summed E-state index contributed by atoms with van der Waals surface area (Å²) in [5.41, 5.74) is 4.91. The van der Waals surface area contributed by atoms with Crippen molar-refractivity contribution in [1.82, 2.24) is 19.9 Å². The number of benzene rings is 2. The second-order valence-corrected chi connectivity index (χ2v) is 12.0. The Morgan fingerprint density at radius 3 is 2.83 bits per heavy atom. The Morgan fingerprint density at radius 2 is 2.08 bits per heavy atom. The number of H-pyrrole nitrogens is 1. The molecule has 2 aromatic carbocycles. The maximum Gasteiger partial charge on any atom is 0.410 e. The van der Waals surface area contributed by atoms with Crippen LogP contribution in [0.25, 0.3) is 16.5 Å². The highest BCUT2D eigenvalue weighted by Crippen LogP contribution is 2.32. The van der Waals surface area contributed by atoms with E-state index in [1.165, 1.54) is 5.57 Å². The lowest BCUT2D eigenvalue weighted by atomic mass is 9.99. The molecular weight excluding hydrogens is 592 g/mol. The minimum absolute atomic E-state index is 0.271. The maximum absolute atomic E-state index is 12.4. The van der Waals surface area contributed by atoms with E-state index in [0.717, 1.165) is 50.1 Å². The zero-order valence-corrected chi connectivity index (χ0v) is 25.1. The molecule has 3 N–H and O–H groups in total. The monoisotopic (exact) mass is 622 g/mol. The molecule has 0 saturated carbocycles. The summed E-state index contributed by atoms with van der Waals surface area (Å²) < 4.78 is 6.31. The van der Waals surface area contributed by atoms with Crippen LogP contribution >= 0.6 is 27.5 Å². The first-order valence-electron chi connectivity index (χ1n) is 13.2. The smallest absolute Gasteiger partial charge is 0.410 e. The van der Waals surface area contributed by atoms with E-state index in [2.05, 4.69) is 59.7 Å². The number of nitrogens with zero attached hydrogens (tertiary/aromatic N) is 3. The van der Waals surface area contributed by atoms with Gasteiger partial charge in [-0.3, -0.25) is 0 Å². The lowest BCUT2D eigenvalue weighted by molar-refractivity contribution is 0.0270. The van der Waals surface area contributed by atoms with E-state index in [9.17, 15) is 4.79 Å². The molecule has 0 fully saturated rings. The van der Waals surface area contributed by atoms with E-state index in [1.54, 1.807) is 11.1 Å². The number of aromatic amines is 1. The van der Waals surface area contributed by atoms with Crippen LogP contribution < -0.4 is 10.6 Å². The first kappa shape index (κ1) is 28.0. The van der Waals surface area contributed by atoms with Crippen molar-refractivity contribution in [1.29, 1.82) is 0 Å². The molecule has 1 amide bonds. The fourth-order valence-electron chi connectivity index (χ4n) is 4.57. The Labute approximate surface area is 247 Å². The first-order valence-corrected chi connectivity index (χ1v) is 14.4. The molecule has 3 heterocycles. The van der Waals surface area contributed by atoms with Gasteiger partial charge in [0, 0.05) is 59.2 Å². The number of amides is 1. The molecule has 4 aromatic rings. The highest BCUT2D eigenvalue weighted by molar-refractivity contribution is 9.10. The topological polar surface area (TPSA) is 95.2 Å². The van der Waals surface area contributed by atoms with Gasteiger partial charge >= 0.3 is 6.09 Å². The molecule has 0 atom stereocenters. The summed E-state index contributed by atoms with van der Waals surface area (Å²) in [7, 11) is 0. The number of rotatable bonds is 7. The molecule has 40 heavy (non-hydrogen) atoms. The van der Waals surface area contributed by atoms with Crippen LogP contribution in [-0.4, -0.2) is 51.2 Å². The molecule has 0 spiro atoms. The van der Waals surface area contributed by atoms with Crippen LogP contribution in [-0.2, 0) is 11.2 Å². The SMILES string of the molecule is CC(C)(C)OC(=O)N1CC=C(c2c[nH]c3cc(Nc4ncc(Br)c(NCCc5cccc(Cl)c5)n4)ccc23)CC1. The summed E-state index contributed by atoms with van der Waals surface area (Å²) >= 11 is 9.63. The van der Waals surface area contributed by atoms with Gasteiger partial charge in [0.15, 0.2) is 0 Å². The van der Waals surface area contributed by atoms with Crippen LogP contribution in [0.4, 0.5) is 22.2 Å². The van der Waals surface area contributed by atoms with Gasteiger partial charge in [-0.1, -0.05) is 35.9 Å². The number of carbonyl (C=O) groups is 1. The van der Waals surface area contributed by atoms with Gasteiger partial charge in [-0.05, 0) is 84.9 Å². The summed E-state index contributed by atoms with van der Waals surface area (Å²) in [6.45, 7) is 7.52. The quantitative estimate of drug-likeness (QED) is 0.194. The molecule has 5 rings (SSSR count). The van der Waals surface area contributed by atoms with E-state index in [0.29, 0.717) is 31.4 Å². The third-order valence-electron chi connectivity index (χ3n) is 6.48. The number of anilines is 3. The predicted octanol–water partition coefficient (Wildman–Crippen LogP) is 7.80. The molecule has 10 heteroatoms. The van der Waals surface area contributed by atoms with Crippen molar-refractivity contribution < 1.29 is 9.53 Å². The molecule has 8 nitrogen and oxygen atoms in total. The third-order valence-corrected chi connectivity index (χ3v) is 7.30. The van der Waals surface area contributed by atoms with Gasteiger partial charge in [0.1, 0.15) is 11.4 Å². The van der Waals surface area contributed by atoms with Gasteiger partial charge in [-0.25, -0.2) is 9.78 Å². The standard InChI is InChI=1S/C30H32BrClN6O2/c1-30(2,3)40-29(39)38-13-10-20(11-14-38)24-17-34-26-16-22(7-8-23(24)26)36-28-35-18-25(31)27(37-28)33-12-9-19-5-4-6-21(32)15-19/h4-8,10,15-18,34H,9,11-14H2,1-3H3,(H2,33,35,36,37). The van der Waals surface area contributed by atoms with Gasteiger partial charge in [0.05, 0.1) is 4.47 Å². The second kappa shape index (κ2) is 11.9. The van der Waals surface area contributed by atoms with Crippen molar-refractivity contribution in [3.05, 3.63) is 81.6 Å². The predicted molar refractivity (Wildman–Crippen MR) is 165 cm³/mol. The number of hydrogen-bond donors (Lipinski definition) is 3. The fourth-order valence-corrected chi connectivity index (χ4v) is 5.12. The Morgan fingerprint density at radius 1 is 1.23 bits per heavy atom. The summed E-state index contributed by atoms with van der Waals surface area (Å²) in [6.07, 6.45) is 7.19. The Kier molecular flexibility index (Phi) is 8.32. The minimum Gasteiger partial charge on any atom is -0.444 e. The number of hydrogen-bond acceptors (Lipinski definition) is 6. The number of nitrogens with one attached hydrogen (secondary N) is 3. The number of aromatic nitrogens is 3. The molecule has 208 valence electrons.